The van der Waals surface area contributed by atoms with E-state index in [4.69, 9.17) is 9.47 Å². The Morgan fingerprint density at radius 2 is 1.46 bits per heavy atom. The molecule has 3 nitrogen and oxygen atoms in total. The Morgan fingerprint density at radius 1 is 0.833 bits per heavy atom. The molecule has 0 aliphatic carbocycles. The molecule has 0 aromatic heterocycles. The van der Waals surface area contributed by atoms with Crippen LogP contribution in [0.15, 0.2) is 30.3 Å². The molecule has 0 heterocycles. The highest BCUT2D eigenvalue weighted by Gasteiger charge is 2.02. The van der Waals surface area contributed by atoms with Crippen LogP contribution in [0.2, 0.25) is 0 Å². The van der Waals surface area contributed by atoms with Crippen molar-refractivity contribution in [2.45, 2.75) is 77.7 Å². The second-order valence-electron chi connectivity index (χ2n) is 6.34. The summed E-state index contributed by atoms with van der Waals surface area (Å²) in [5.41, 5.74) is 1.14. The van der Waals surface area contributed by atoms with Gasteiger partial charge in [-0.15, -0.1) is 0 Å². The minimum Gasteiger partial charge on any atom is -0.463 e. The van der Waals surface area contributed by atoms with Gasteiger partial charge in [-0.25, -0.2) is 0 Å². The summed E-state index contributed by atoms with van der Waals surface area (Å²) in [5, 5.41) is 0. The SMILES string of the molecule is CCCCCCCCCCCC(=O)OCCOCc1ccccc1. The maximum atomic E-state index is 11.6. The number of hydrogen-bond donors (Lipinski definition) is 0. The highest BCUT2D eigenvalue weighted by atomic mass is 16.6. The van der Waals surface area contributed by atoms with Gasteiger partial charge in [-0.1, -0.05) is 88.6 Å². The Morgan fingerprint density at radius 3 is 2.12 bits per heavy atom. The maximum Gasteiger partial charge on any atom is 0.305 e. The summed E-state index contributed by atoms with van der Waals surface area (Å²) in [5.74, 6) is -0.0961. The summed E-state index contributed by atoms with van der Waals surface area (Å²) in [7, 11) is 0. The fourth-order valence-corrected chi connectivity index (χ4v) is 2.63. The summed E-state index contributed by atoms with van der Waals surface area (Å²) < 4.78 is 10.7. The average molecular weight is 334 g/mol. The van der Waals surface area contributed by atoms with Gasteiger partial charge in [-0.3, -0.25) is 4.79 Å². The number of hydrogen-bond acceptors (Lipinski definition) is 3. The maximum absolute atomic E-state index is 11.6. The molecule has 1 rings (SSSR count). The van der Waals surface area contributed by atoms with Gasteiger partial charge in [-0.05, 0) is 12.0 Å². The fourth-order valence-electron chi connectivity index (χ4n) is 2.63. The third-order valence-electron chi connectivity index (χ3n) is 4.09. The molecule has 0 amide bonds. The largest absolute Gasteiger partial charge is 0.463 e. The molecule has 0 radical (unpaired) electrons. The highest BCUT2D eigenvalue weighted by Crippen LogP contribution is 2.10. The number of carbonyl (C=O) groups is 1. The molecular formula is C21H34O3. The number of rotatable bonds is 15. The number of ether oxygens (including phenoxy) is 2. The van der Waals surface area contributed by atoms with Crippen molar-refractivity contribution >= 4 is 5.97 Å². The van der Waals surface area contributed by atoms with Crippen LogP contribution >= 0.6 is 0 Å². The number of carbonyl (C=O) groups excluding carboxylic acids is 1. The molecule has 0 atom stereocenters. The van der Waals surface area contributed by atoms with E-state index in [2.05, 4.69) is 6.92 Å². The molecule has 24 heavy (non-hydrogen) atoms. The van der Waals surface area contributed by atoms with E-state index in [1.54, 1.807) is 0 Å². The van der Waals surface area contributed by atoms with Crippen molar-refractivity contribution in [1.82, 2.24) is 0 Å². The standard InChI is InChI=1S/C21H34O3/c1-2-3-4-5-6-7-8-9-13-16-21(22)24-18-17-23-19-20-14-11-10-12-15-20/h10-12,14-15H,2-9,13,16-19H2,1H3. The monoisotopic (exact) mass is 334 g/mol. The Bertz CT molecular complexity index is 403. The van der Waals surface area contributed by atoms with Crippen molar-refractivity contribution in [3.63, 3.8) is 0 Å². The first-order valence-corrected chi connectivity index (χ1v) is 9.60. The Labute approximate surface area is 147 Å². The van der Waals surface area contributed by atoms with Crippen LogP contribution in [0.25, 0.3) is 0 Å². The van der Waals surface area contributed by atoms with Crippen LogP contribution in [0.1, 0.15) is 76.7 Å². The van der Waals surface area contributed by atoms with E-state index in [9.17, 15) is 4.79 Å². The third-order valence-corrected chi connectivity index (χ3v) is 4.09. The van der Waals surface area contributed by atoms with E-state index in [1.807, 2.05) is 30.3 Å². The van der Waals surface area contributed by atoms with E-state index >= 15 is 0 Å². The van der Waals surface area contributed by atoms with Gasteiger partial charge in [0.25, 0.3) is 0 Å². The van der Waals surface area contributed by atoms with Crippen molar-refractivity contribution in [1.29, 1.82) is 0 Å². The van der Waals surface area contributed by atoms with Crippen molar-refractivity contribution < 1.29 is 14.3 Å². The van der Waals surface area contributed by atoms with Crippen LogP contribution in [-0.2, 0) is 20.9 Å². The van der Waals surface area contributed by atoms with Gasteiger partial charge in [0.15, 0.2) is 0 Å². The quantitative estimate of drug-likeness (QED) is 0.306. The highest BCUT2D eigenvalue weighted by molar-refractivity contribution is 5.69. The van der Waals surface area contributed by atoms with Crippen LogP contribution in [0.5, 0.6) is 0 Å². The molecule has 0 aliphatic heterocycles. The minimum atomic E-state index is -0.0961. The lowest BCUT2D eigenvalue weighted by atomic mass is 10.1. The van der Waals surface area contributed by atoms with Crippen LogP contribution in [0, 0.1) is 0 Å². The fraction of sp³-hybridized carbons (Fsp3) is 0.667. The van der Waals surface area contributed by atoms with Crippen molar-refractivity contribution in [3.05, 3.63) is 35.9 Å². The molecule has 3 heteroatoms. The summed E-state index contributed by atoms with van der Waals surface area (Å²) in [6.07, 6.45) is 11.9. The second kappa shape index (κ2) is 15.2. The topological polar surface area (TPSA) is 35.5 Å². The predicted molar refractivity (Wildman–Crippen MR) is 98.9 cm³/mol. The molecule has 136 valence electrons. The number of unbranched alkanes of at least 4 members (excludes halogenated alkanes) is 8. The molecule has 1 aromatic carbocycles. The average Bonchev–Trinajstić information content (AvgIpc) is 2.61. The van der Waals surface area contributed by atoms with Crippen LogP contribution in [0.3, 0.4) is 0 Å². The van der Waals surface area contributed by atoms with Gasteiger partial charge in [0.1, 0.15) is 6.61 Å². The molecule has 0 saturated carbocycles. The second-order valence-corrected chi connectivity index (χ2v) is 6.34. The van der Waals surface area contributed by atoms with Gasteiger partial charge >= 0.3 is 5.97 Å². The first-order chi connectivity index (χ1) is 11.8. The number of esters is 1. The molecular weight excluding hydrogens is 300 g/mol. The molecule has 0 bridgehead atoms. The zero-order valence-electron chi connectivity index (χ0n) is 15.3. The molecule has 0 saturated heterocycles. The zero-order chi connectivity index (χ0) is 17.3. The predicted octanol–water partition coefficient (Wildman–Crippen LogP) is 5.67. The molecule has 0 spiro atoms. The summed E-state index contributed by atoms with van der Waals surface area (Å²) in [6.45, 7) is 3.62. The summed E-state index contributed by atoms with van der Waals surface area (Å²) in [6, 6.07) is 10.0. The molecule has 0 unspecified atom stereocenters. The van der Waals surface area contributed by atoms with Crippen molar-refractivity contribution in [2.24, 2.45) is 0 Å². The van der Waals surface area contributed by atoms with Gasteiger partial charge < -0.3 is 9.47 Å². The van der Waals surface area contributed by atoms with Crippen LogP contribution < -0.4 is 0 Å². The third kappa shape index (κ3) is 12.1. The van der Waals surface area contributed by atoms with E-state index in [1.165, 1.54) is 44.9 Å². The van der Waals surface area contributed by atoms with Crippen molar-refractivity contribution in [2.75, 3.05) is 13.2 Å². The lowest BCUT2D eigenvalue weighted by molar-refractivity contribution is -0.145. The van der Waals surface area contributed by atoms with Crippen molar-refractivity contribution in [3.8, 4) is 0 Å². The first kappa shape index (κ1) is 20.7. The van der Waals surface area contributed by atoms with Gasteiger partial charge in [0, 0.05) is 6.42 Å². The Kier molecular flexibility index (Phi) is 13.1. The van der Waals surface area contributed by atoms with E-state index in [-0.39, 0.29) is 5.97 Å². The molecule has 1 aromatic rings. The summed E-state index contributed by atoms with van der Waals surface area (Å²) in [4.78, 5) is 11.6. The minimum absolute atomic E-state index is 0.0961. The van der Waals surface area contributed by atoms with E-state index < -0.39 is 0 Å². The lowest BCUT2D eigenvalue weighted by Crippen LogP contribution is -2.10. The van der Waals surface area contributed by atoms with Crippen LogP contribution in [0.4, 0.5) is 0 Å². The van der Waals surface area contributed by atoms with Crippen LogP contribution in [-0.4, -0.2) is 19.2 Å². The smallest absolute Gasteiger partial charge is 0.305 e. The normalized spacial score (nSPS) is 10.7. The van der Waals surface area contributed by atoms with Gasteiger partial charge in [-0.2, -0.15) is 0 Å². The van der Waals surface area contributed by atoms with E-state index in [0.29, 0.717) is 26.2 Å². The van der Waals surface area contributed by atoms with Gasteiger partial charge in [0.05, 0.1) is 13.2 Å². The number of benzene rings is 1. The molecule has 0 fully saturated rings. The Balaban J connectivity index is 1.83. The zero-order valence-corrected chi connectivity index (χ0v) is 15.3. The Hall–Kier alpha value is -1.35. The molecule has 0 aliphatic rings. The molecule has 0 N–H and O–H groups in total. The first-order valence-electron chi connectivity index (χ1n) is 9.60. The lowest BCUT2D eigenvalue weighted by Gasteiger charge is -2.06. The van der Waals surface area contributed by atoms with E-state index in [0.717, 1.165) is 18.4 Å². The summed E-state index contributed by atoms with van der Waals surface area (Å²) >= 11 is 0. The van der Waals surface area contributed by atoms with Gasteiger partial charge in [0.2, 0.25) is 0 Å².